The normalized spacial score (nSPS) is 10.4. The van der Waals surface area contributed by atoms with E-state index in [1.165, 1.54) is 49.6 Å². The van der Waals surface area contributed by atoms with E-state index < -0.39 is 30.0 Å². The molecule has 3 aromatic carbocycles. The Morgan fingerprint density at radius 1 is 0.970 bits per heavy atom. The van der Waals surface area contributed by atoms with Crippen LogP contribution in [0.5, 0.6) is 5.75 Å². The van der Waals surface area contributed by atoms with Crippen molar-refractivity contribution in [3.63, 3.8) is 0 Å². The molecule has 0 aliphatic heterocycles. The molecule has 0 atom stereocenters. The fraction of sp³-hybridized carbons (Fsp3) is 0.125. The zero-order chi connectivity index (χ0) is 23.8. The van der Waals surface area contributed by atoms with E-state index in [0.29, 0.717) is 10.6 Å². The van der Waals surface area contributed by atoms with Crippen LogP contribution in [0.2, 0.25) is 0 Å². The molecule has 0 bridgehead atoms. The summed E-state index contributed by atoms with van der Waals surface area (Å²) in [5.41, 5.74) is 0.676. The average Bonchev–Trinajstić information content (AvgIpc) is 2.82. The summed E-state index contributed by atoms with van der Waals surface area (Å²) >= 11 is 1.11. The first-order valence-corrected chi connectivity index (χ1v) is 10.7. The van der Waals surface area contributed by atoms with Gasteiger partial charge in [0.25, 0.3) is 0 Å². The summed E-state index contributed by atoms with van der Waals surface area (Å²) in [6.45, 7) is -0.575. The largest absolute Gasteiger partial charge is 0.494 e. The quantitative estimate of drug-likeness (QED) is 0.276. The Balaban J connectivity index is 1.58. The van der Waals surface area contributed by atoms with Crippen LogP contribution >= 0.6 is 11.8 Å². The molecule has 0 aliphatic carbocycles. The molecule has 3 aromatic rings. The second-order valence-corrected chi connectivity index (χ2v) is 7.71. The average molecular weight is 471 g/mol. The fourth-order valence-electron chi connectivity index (χ4n) is 2.77. The smallest absolute Gasteiger partial charge is 0.339 e. The number of hydrogen-bond acceptors (Lipinski definition) is 6. The minimum Gasteiger partial charge on any atom is -0.494 e. The van der Waals surface area contributed by atoms with Gasteiger partial charge >= 0.3 is 5.97 Å². The fourth-order valence-corrected chi connectivity index (χ4v) is 3.61. The highest BCUT2D eigenvalue weighted by atomic mass is 32.2. The van der Waals surface area contributed by atoms with Crippen molar-refractivity contribution in [3.05, 3.63) is 89.5 Å². The first kappa shape index (κ1) is 23.9. The summed E-state index contributed by atoms with van der Waals surface area (Å²) < 4.78 is 36.7. The molecule has 3 rings (SSSR count). The molecule has 170 valence electrons. The van der Waals surface area contributed by atoms with Crippen LogP contribution in [0, 0.1) is 11.6 Å². The lowest BCUT2D eigenvalue weighted by Crippen LogP contribution is -2.16. The molecule has 6 nitrogen and oxygen atoms in total. The summed E-state index contributed by atoms with van der Waals surface area (Å²) in [5, 5.41) is 2.63. The molecule has 0 unspecified atom stereocenters. The Morgan fingerprint density at radius 3 is 2.39 bits per heavy atom. The topological polar surface area (TPSA) is 81.7 Å². The number of amides is 1. The summed E-state index contributed by atoms with van der Waals surface area (Å²) in [5.74, 6) is -2.79. The number of rotatable bonds is 9. The maximum Gasteiger partial charge on any atom is 0.339 e. The lowest BCUT2D eigenvalue weighted by atomic mass is 10.1. The van der Waals surface area contributed by atoms with Crippen LogP contribution in [0.15, 0.2) is 71.6 Å². The molecular weight excluding hydrogens is 452 g/mol. The number of ether oxygens (including phenoxy) is 2. The van der Waals surface area contributed by atoms with Gasteiger partial charge < -0.3 is 14.8 Å². The second-order valence-electron chi connectivity index (χ2n) is 6.69. The van der Waals surface area contributed by atoms with Gasteiger partial charge in [0.1, 0.15) is 5.82 Å². The van der Waals surface area contributed by atoms with Gasteiger partial charge in [-0.25, -0.2) is 13.6 Å². The summed E-state index contributed by atoms with van der Waals surface area (Å²) in [7, 11) is 1.31. The van der Waals surface area contributed by atoms with Crippen molar-refractivity contribution < 1.29 is 32.6 Å². The summed E-state index contributed by atoms with van der Waals surface area (Å²) in [4.78, 5) is 37.4. The predicted molar refractivity (Wildman–Crippen MR) is 120 cm³/mol. The third-order valence-corrected chi connectivity index (χ3v) is 5.48. The Bertz CT molecular complexity index is 1170. The van der Waals surface area contributed by atoms with Crippen LogP contribution in [0.3, 0.4) is 0 Å². The molecule has 1 N–H and O–H groups in total. The highest BCUT2D eigenvalue weighted by molar-refractivity contribution is 8.00. The van der Waals surface area contributed by atoms with E-state index in [1.807, 2.05) is 0 Å². The summed E-state index contributed by atoms with van der Waals surface area (Å²) in [6.07, 6.45) is 0. The highest BCUT2D eigenvalue weighted by Gasteiger charge is 2.17. The van der Waals surface area contributed by atoms with Crippen LogP contribution in [0.25, 0.3) is 0 Å². The van der Waals surface area contributed by atoms with Crippen LogP contribution in [0.4, 0.5) is 14.5 Å². The molecule has 0 aromatic heterocycles. The van der Waals surface area contributed by atoms with E-state index in [4.69, 9.17) is 9.47 Å². The van der Waals surface area contributed by atoms with Crippen LogP contribution in [-0.4, -0.2) is 37.1 Å². The number of nitrogens with one attached hydrogen (secondary N) is 1. The predicted octanol–water partition coefficient (Wildman–Crippen LogP) is 4.74. The van der Waals surface area contributed by atoms with Gasteiger partial charge in [-0.15, -0.1) is 11.8 Å². The first-order valence-electron chi connectivity index (χ1n) is 9.68. The highest BCUT2D eigenvalue weighted by Crippen LogP contribution is 2.24. The standard InChI is InChI=1S/C24H19F2NO5S/c1-31-21-11-6-15(12-19(21)26)20(28)13-32-24(30)18-4-2-3-5-22(18)33-14-23(29)27-17-9-7-16(25)8-10-17/h2-12H,13-14H2,1H3,(H,27,29). The minimum absolute atomic E-state index is 0.00189. The van der Waals surface area contributed by atoms with Gasteiger partial charge in [-0.2, -0.15) is 0 Å². The van der Waals surface area contributed by atoms with E-state index in [-0.39, 0.29) is 28.5 Å². The lowest BCUT2D eigenvalue weighted by molar-refractivity contribution is -0.113. The molecule has 0 fully saturated rings. The molecule has 9 heteroatoms. The Kier molecular flexibility index (Phi) is 8.15. The molecule has 0 radical (unpaired) electrons. The van der Waals surface area contributed by atoms with Gasteiger partial charge in [0.05, 0.1) is 18.4 Å². The maximum atomic E-state index is 13.8. The van der Waals surface area contributed by atoms with E-state index in [2.05, 4.69) is 5.32 Å². The number of anilines is 1. The van der Waals surface area contributed by atoms with Gasteiger partial charge in [0, 0.05) is 16.1 Å². The number of thioether (sulfide) groups is 1. The number of methoxy groups -OCH3 is 1. The monoisotopic (exact) mass is 471 g/mol. The zero-order valence-corrected chi connectivity index (χ0v) is 18.3. The van der Waals surface area contributed by atoms with Gasteiger partial charge in [-0.05, 0) is 54.6 Å². The van der Waals surface area contributed by atoms with Crippen molar-refractivity contribution >= 4 is 35.1 Å². The number of carbonyl (C=O) groups excluding carboxylic acids is 3. The van der Waals surface area contributed by atoms with Crippen molar-refractivity contribution in [1.29, 1.82) is 0 Å². The Labute approximate surface area is 192 Å². The van der Waals surface area contributed by atoms with Crippen molar-refractivity contribution in [3.8, 4) is 5.75 Å². The molecular formula is C24H19F2NO5S. The number of carbonyl (C=O) groups is 3. The van der Waals surface area contributed by atoms with E-state index in [0.717, 1.165) is 17.8 Å². The molecule has 0 spiro atoms. The van der Waals surface area contributed by atoms with Gasteiger partial charge in [-0.1, -0.05) is 12.1 Å². The van der Waals surface area contributed by atoms with Crippen molar-refractivity contribution in [2.45, 2.75) is 4.90 Å². The molecule has 0 saturated carbocycles. The first-order chi connectivity index (χ1) is 15.9. The van der Waals surface area contributed by atoms with Gasteiger partial charge in [0.2, 0.25) is 5.91 Å². The third kappa shape index (κ3) is 6.63. The zero-order valence-electron chi connectivity index (χ0n) is 17.5. The van der Waals surface area contributed by atoms with Crippen LogP contribution in [-0.2, 0) is 9.53 Å². The molecule has 0 saturated heterocycles. The van der Waals surface area contributed by atoms with Gasteiger partial charge in [0.15, 0.2) is 24.0 Å². The van der Waals surface area contributed by atoms with E-state index in [1.54, 1.807) is 18.2 Å². The van der Waals surface area contributed by atoms with Crippen LogP contribution < -0.4 is 10.1 Å². The lowest BCUT2D eigenvalue weighted by Gasteiger charge is -2.10. The number of Topliss-reactive ketones (excluding diaryl/α,β-unsaturated/α-hetero) is 1. The van der Waals surface area contributed by atoms with Crippen molar-refractivity contribution in [2.75, 3.05) is 24.8 Å². The second kappa shape index (κ2) is 11.2. The van der Waals surface area contributed by atoms with Gasteiger partial charge in [-0.3, -0.25) is 9.59 Å². The minimum atomic E-state index is -0.751. The van der Waals surface area contributed by atoms with E-state index >= 15 is 0 Å². The molecule has 33 heavy (non-hydrogen) atoms. The Morgan fingerprint density at radius 2 is 1.70 bits per heavy atom. The molecule has 0 aliphatic rings. The van der Waals surface area contributed by atoms with Crippen molar-refractivity contribution in [1.82, 2.24) is 0 Å². The molecule has 0 heterocycles. The number of esters is 1. The SMILES string of the molecule is COc1ccc(C(=O)COC(=O)c2ccccc2SCC(=O)Nc2ccc(F)cc2)cc1F. The molecule has 1 amide bonds. The number of halogens is 2. The number of benzene rings is 3. The van der Waals surface area contributed by atoms with Crippen LogP contribution in [0.1, 0.15) is 20.7 Å². The summed E-state index contributed by atoms with van der Waals surface area (Å²) in [6, 6.07) is 15.5. The van der Waals surface area contributed by atoms with E-state index in [9.17, 15) is 23.2 Å². The maximum absolute atomic E-state index is 13.8. The third-order valence-electron chi connectivity index (χ3n) is 4.40. The number of ketones is 1. The number of hydrogen-bond donors (Lipinski definition) is 1. The van der Waals surface area contributed by atoms with Crippen molar-refractivity contribution in [2.24, 2.45) is 0 Å². The Hall–Kier alpha value is -3.72.